The molecule has 3 aliphatic rings. The zero-order valence-corrected chi connectivity index (χ0v) is 22.4. The fourth-order valence-corrected chi connectivity index (χ4v) is 6.07. The zero-order chi connectivity index (χ0) is 27.7. The van der Waals surface area contributed by atoms with Crippen molar-refractivity contribution in [1.29, 1.82) is 0 Å². The van der Waals surface area contributed by atoms with Gasteiger partial charge in [-0.05, 0) is 63.3 Å². The second kappa shape index (κ2) is 8.86. The maximum absolute atomic E-state index is 14.2. The van der Waals surface area contributed by atoms with Crippen LogP contribution in [-0.2, 0) is 12.0 Å². The normalized spacial score (nSPS) is 21.3. The Bertz CT molecular complexity index is 1760. The van der Waals surface area contributed by atoms with Gasteiger partial charge in [-0.2, -0.15) is 0 Å². The fraction of sp³-hybridized carbons (Fsp3) is 0.310. The van der Waals surface area contributed by atoms with Crippen molar-refractivity contribution >= 4 is 11.6 Å². The Labute approximate surface area is 228 Å². The van der Waals surface area contributed by atoms with Crippen LogP contribution >= 0.6 is 11.6 Å². The van der Waals surface area contributed by atoms with Gasteiger partial charge in [-0.15, -0.1) is 0 Å². The van der Waals surface area contributed by atoms with Crippen LogP contribution in [0.2, 0.25) is 5.02 Å². The van der Waals surface area contributed by atoms with Crippen molar-refractivity contribution in [2.24, 2.45) is 0 Å². The smallest absolute Gasteiger partial charge is 0.277 e. The third-order valence-electron chi connectivity index (χ3n) is 7.79. The van der Waals surface area contributed by atoms with Crippen LogP contribution in [0.3, 0.4) is 0 Å². The van der Waals surface area contributed by atoms with Crippen molar-refractivity contribution in [3.63, 3.8) is 0 Å². The summed E-state index contributed by atoms with van der Waals surface area (Å²) in [5.74, 6) is -0.0231. The average Bonchev–Trinajstić information content (AvgIpc) is 2.85. The van der Waals surface area contributed by atoms with Crippen molar-refractivity contribution in [3.05, 3.63) is 109 Å². The van der Waals surface area contributed by atoms with Crippen molar-refractivity contribution in [2.45, 2.75) is 57.7 Å². The largest absolute Gasteiger partial charge is 0.485 e. The molecule has 200 valence electrons. The van der Waals surface area contributed by atoms with Gasteiger partial charge >= 0.3 is 0 Å². The van der Waals surface area contributed by atoms with E-state index in [-0.39, 0.29) is 34.0 Å². The molecule has 3 aliphatic carbocycles. The molecule has 0 saturated heterocycles. The lowest BCUT2D eigenvalue weighted by Crippen LogP contribution is -2.70. The van der Waals surface area contributed by atoms with Crippen LogP contribution in [0.25, 0.3) is 11.5 Å². The SMILES string of the molecule is Cc1cnc(COc2cc(C)n(-c3cc(-n4cccc(C56CC(O)(C5)C6)c4=O)ncc3C)c(=O)c2Cl)c(F)c1. The van der Waals surface area contributed by atoms with Gasteiger partial charge in [0.05, 0.1) is 11.3 Å². The van der Waals surface area contributed by atoms with Crippen molar-refractivity contribution in [1.82, 2.24) is 19.1 Å². The first-order valence-electron chi connectivity index (χ1n) is 12.6. The van der Waals surface area contributed by atoms with Gasteiger partial charge in [0, 0.05) is 47.4 Å². The first-order valence-corrected chi connectivity index (χ1v) is 13.0. The van der Waals surface area contributed by atoms with E-state index in [4.69, 9.17) is 16.3 Å². The van der Waals surface area contributed by atoms with E-state index in [1.807, 2.05) is 13.0 Å². The molecule has 0 amide bonds. The highest BCUT2D eigenvalue weighted by Crippen LogP contribution is 2.67. The molecule has 10 heteroatoms. The number of aromatic nitrogens is 4. The lowest BCUT2D eigenvalue weighted by atomic mass is 9.39. The van der Waals surface area contributed by atoms with Gasteiger partial charge < -0.3 is 9.84 Å². The summed E-state index contributed by atoms with van der Waals surface area (Å²) in [6.45, 7) is 5.09. The van der Waals surface area contributed by atoms with Gasteiger partial charge in [-0.25, -0.2) is 9.37 Å². The summed E-state index contributed by atoms with van der Waals surface area (Å²) in [6, 6.07) is 8.26. The van der Waals surface area contributed by atoms with Crippen LogP contribution < -0.4 is 15.9 Å². The van der Waals surface area contributed by atoms with Gasteiger partial charge in [0.1, 0.15) is 34.7 Å². The summed E-state index contributed by atoms with van der Waals surface area (Å²) in [6.07, 6.45) is 6.57. The third-order valence-corrected chi connectivity index (χ3v) is 8.14. The van der Waals surface area contributed by atoms with Crippen LogP contribution in [0.15, 0.2) is 58.5 Å². The van der Waals surface area contributed by atoms with Gasteiger partial charge in [0.15, 0.2) is 0 Å². The number of halogens is 2. The predicted molar refractivity (Wildman–Crippen MR) is 144 cm³/mol. The van der Waals surface area contributed by atoms with Crippen LogP contribution in [-0.4, -0.2) is 29.8 Å². The summed E-state index contributed by atoms with van der Waals surface area (Å²) in [7, 11) is 0. The minimum absolute atomic E-state index is 0.105. The fourth-order valence-electron chi connectivity index (χ4n) is 5.87. The third kappa shape index (κ3) is 4.08. The maximum Gasteiger partial charge on any atom is 0.277 e. The van der Waals surface area contributed by atoms with Crippen LogP contribution in [0, 0.1) is 26.6 Å². The number of rotatable bonds is 6. The van der Waals surface area contributed by atoms with Gasteiger partial charge in [-0.1, -0.05) is 17.7 Å². The molecule has 4 aromatic heterocycles. The van der Waals surface area contributed by atoms with E-state index >= 15 is 0 Å². The molecular formula is C29H26ClFN4O4. The topological polar surface area (TPSA) is 99.2 Å². The quantitative estimate of drug-likeness (QED) is 0.387. The molecule has 1 N–H and O–H groups in total. The summed E-state index contributed by atoms with van der Waals surface area (Å²) in [5.41, 5.74) is 1.60. The zero-order valence-electron chi connectivity index (χ0n) is 21.7. The molecule has 0 spiro atoms. The molecule has 0 atom stereocenters. The minimum atomic E-state index is -0.624. The van der Waals surface area contributed by atoms with E-state index < -0.39 is 17.0 Å². The van der Waals surface area contributed by atoms with E-state index in [0.29, 0.717) is 53.2 Å². The number of ether oxygens (including phenoxy) is 1. The molecule has 3 saturated carbocycles. The monoisotopic (exact) mass is 548 g/mol. The Morgan fingerprint density at radius 2 is 1.82 bits per heavy atom. The highest BCUT2D eigenvalue weighted by molar-refractivity contribution is 6.31. The maximum atomic E-state index is 14.2. The number of aliphatic hydroxyl groups is 1. The Morgan fingerprint density at radius 3 is 2.51 bits per heavy atom. The van der Waals surface area contributed by atoms with E-state index in [1.54, 1.807) is 44.4 Å². The first kappa shape index (κ1) is 25.5. The van der Waals surface area contributed by atoms with Gasteiger partial charge in [0.25, 0.3) is 11.1 Å². The van der Waals surface area contributed by atoms with Crippen molar-refractivity contribution in [3.8, 4) is 17.3 Å². The Hall–Kier alpha value is -3.82. The van der Waals surface area contributed by atoms with Crippen molar-refractivity contribution < 1.29 is 14.2 Å². The standard InChI is InChI=1S/C29H26ClFN4O4/c1-16-7-20(31)21(32-10-16)12-39-23-8-18(3)35(27(37)25(23)30)22-9-24(33-11-17(22)2)34-6-4-5-19(26(34)36)28-13-29(38,14-28)15-28/h4-11,38H,12-15H2,1-3H3. The van der Waals surface area contributed by atoms with Gasteiger partial charge in [-0.3, -0.25) is 23.7 Å². The van der Waals surface area contributed by atoms with Crippen LogP contribution in [0.1, 0.15) is 47.3 Å². The lowest BCUT2D eigenvalue weighted by molar-refractivity contribution is -0.213. The Balaban J connectivity index is 1.35. The summed E-state index contributed by atoms with van der Waals surface area (Å²) in [4.78, 5) is 35.4. The number of pyridine rings is 4. The highest BCUT2D eigenvalue weighted by Gasteiger charge is 2.68. The van der Waals surface area contributed by atoms with E-state index in [1.165, 1.54) is 21.4 Å². The number of hydrogen-bond donors (Lipinski definition) is 1. The molecule has 0 radical (unpaired) electrons. The Kier molecular flexibility index (Phi) is 5.78. The van der Waals surface area contributed by atoms with E-state index in [2.05, 4.69) is 9.97 Å². The average molecular weight is 549 g/mol. The predicted octanol–water partition coefficient (Wildman–Crippen LogP) is 4.24. The van der Waals surface area contributed by atoms with Crippen molar-refractivity contribution in [2.75, 3.05) is 0 Å². The molecular weight excluding hydrogens is 523 g/mol. The molecule has 7 rings (SSSR count). The second-order valence-electron chi connectivity index (χ2n) is 10.8. The minimum Gasteiger partial charge on any atom is -0.485 e. The first-order chi connectivity index (χ1) is 18.5. The molecule has 4 aromatic rings. The summed E-state index contributed by atoms with van der Waals surface area (Å²) in [5, 5.41) is 10.0. The van der Waals surface area contributed by atoms with Gasteiger partial charge in [0.2, 0.25) is 0 Å². The molecule has 3 fully saturated rings. The lowest BCUT2D eigenvalue weighted by Gasteiger charge is -2.67. The van der Waals surface area contributed by atoms with Crippen LogP contribution in [0.4, 0.5) is 4.39 Å². The second-order valence-corrected chi connectivity index (χ2v) is 11.2. The highest BCUT2D eigenvalue weighted by atomic mass is 35.5. The number of nitrogens with zero attached hydrogens (tertiary/aromatic N) is 4. The number of hydrogen-bond acceptors (Lipinski definition) is 6. The number of aryl methyl sites for hydroxylation is 3. The summed E-state index contributed by atoms with van der Waals surface area (Å²) >= 11 is 6.43. The molecule has 39 heavy (non-hydrogen) atoms. The van der Waals surface area contributed by atoms with E-state index in [0.717, 1.165) is 0 Å². The van der Waals surface area contributed by atoms with Crippen LogP contribution in [0.5, 0.6) is 5.75 Å². The van der Waals surface area contributed by atoms with E-state index in [9.17, 15) is 19.1 Å². The molecule has 2 bridgehead atoms. The molecule has 0 aliphatic heterocycles. The molecule has 8 nitrogen and oxygen atoms in total. The molecule has 4 heterocycles. The Morgan fingerprint density at radius 1 is 1.08 bits per heavy atom. The summed E-state index contributed by atoms with van der Waals surface area (Å²) < 4.78 is 22.8. The molecule has 0 unspecified atom stereocenters. The molecule has 0 aromatic carbocycles.